The van der Waals surface area contributed by atoms with Crippen LogP contribution in [0.3, 0.4) is 0 Å². The van der Waals surface area contributed by atoms with Crippen molar-refractivity contribution in [1.29, 1.82) is 0 Å². The van der Waals surface area contributed by atoms with E-state index in [1.807, 2.05) is 4.90 Å². The van der Waals surface area contributed by atoms with Crippen molar-refractivity contribution in [3.05, 3.63) is 53.3 Å². The van der Waals surface area contributed by atoms with Crippen molar-refractivity contribution in [2.45, 2.75) is 39.3 Å². The van der Waals surface area contributed by atoms with Crippen LogP contribution < -0.4 is 5.32 Å². The molecule has 6 nitrogen and oxygen atoms in total. The molecule has 26 heavy (non-hydrogen) atoms. The number of para-hydroxylation sites is 1. The number of aromatic nitrogens is 1. The highest BCUT2D eigenvalue weighted by molar-refractivity contribution is 6.00. The van der Waals surface area contributed by atoms with E-state index in [4.69, 9.17) is 4.74 Å². The zero-order valence-corrected chi connectivity index (χ0v) is 15.5. The Morgan fingerprint density at radius 2 is 1.96 bits per heavy atom. The Morgan fingerprint density at radius 3 is 2.69 bits per heavy atom. The number of carbonyl (C=O) groups is 2. The lowest BCUT2D eigenvalue weighted by Gasteiger charge is -2.37. The summed E-state index contributed by atoms with van der Waals surface area (Å²) in [4.78, 5) is 26.8. The van der Waals surface area contributed by atoms with Gasteiger partial charge in [0.2, 0.25) is 0 Å². The number of hydrogen-bond acceptors (Lipinski definition) is 3. The molecule has 0 bridgehead atoms. The largest absolute Gasteiger partial charge is 0.465 e. The van der Waals surface area contributed by atoms with Gasteiger partial charge in [-0.3, -0.25) is 0 Å². The third kappa shape index (κ3) is 3.31. The lowest BCUT2D eigenvalue weighted by atomic mass is 10.0. The zero-order chi connectivity index (χ0) is 18.7. The number of fused-ring (bicyclic) bond motifs is 1. The Balaban J connectivity index is 1.85. The van der Waals surface area contributed by atoms with E-state index in [2.05, 4.69) is 35.9 Å². The highest BCUT2D eigenvalue weighted by Gasteiger charge is 2.31. The van der Waals surface area contributed by atoms with Crippen LogP contribution in [0.2, 0.25) is 0 Å². The molecule has 138 valence electrons. The van der Waals surface area contributed by atoms with Crippen molar-refractivity contribution in [2.24, 2.45) is 0 Å². The standard InChI is InChI=1S/C20H25N3O3/c1-4-7-17-18-11-10-14(2)22(18)12-13-23(17)20(25)21-16-9-6-5-8-15(16)19(24)26-3/h5-6,8-11,17H,4,7,12-13H2,1-3H3,(H,21,25). The summed E-state index contributed by atoms with van der Waals surface area (Å²) in [5, 5.41) is 2.90. The van der Waals surface area contributed by atoms with Crippen LogP contribution >= 0.6 is 0 Å². The second-order valence-electron chi connectivity index (χ2n) is 6.52. The fourth-order valence-corrected chi connectivity index (χ4v) is 3.60. The summed E-state index contributed by atoms with van der Waals surface area (Å²) in [5.74, 6) is -0.464. The van der Waals surface area contributed by atoms with Crippen LogP contribution in [0.1, 0.15) is 47.6 Å². The van der Waals surface area contributed by atoms with E-state index in [1.54, 1.807) is 24.3 Å². The van der Waals surface area contributed by atoms with Gasteiger partial charge in [0.1, 0.15) is 0 Å². The first-order valence-corrected chi connectivity index (χ1v) is 8.97. The molecule has 2 aromatic rings. The summed E-state index contributed by atoms with van der Waals surface area (Å²) in [5.41, 5.74) is 3.22. The molecule has 0 radical (unpaired) electrons. The number of ether oxygens (including phenoxy) is 1. The predicted molar refractivity (Wildman–Crippen MR) is 100 cm³/mol. The van der Waals surface area contributed by atoms with Crippen LogP contribution in [0.4, 0.5) is 10.5 Å². The summed E-state index contributed by atoms with van der Waals surface area (Å²) in [6, 6.07) is 11.0. The van der Waals surface area contributed by atoms with E-state index in [1.165, 1.54) is 18.5 Å². The number of esters is 1. The lowest BCUT2D eigenvalue weighted by Crippen LogP contribution is -2.44. The SMILES string of the molecule is CCCC1c2ccc(C)n2CCN1C(=O)Nc1ccccc1C(=O)OC. The predicted octanol–water partition coefficient (Wildman–Crippen LogP) is 3.97. The third-order valence-electron chi connectivity index (χ3n) is 4.91. The molecule has 0 saturated heterocycles. The number of hydrogen-bond donors (Lipinski definition) is 1. The maximum absolute atomic E-state index is 13.0. The van der Waals surface area contributed by atoms with Crippen molar-refractivity contribution < 1.29 is 14.3 Å². The maximum Gasteiger partial charge on any atom is 0.339 e. The highest BCUT2D eigenvalue weighted by Crippen LogP contribution is 2.32. The van der Waals surface area contributed by atoms with Gasteiger partial charge in [-0.05, 0) is 37.6 Å². The minimum absolute atomic E-state index is 0.0349. The zero-order valence-electron chi connectivity index (χ0n) is 15.5. The summed E-state index contributed by atoms with van der Waals surface area (Å²) >= 11 is 0. The van der Waals surface area contributed by atoms with Crippen LogP contribution in [0.5, 0.6) is 0 Å². The van der Waals surface area contributed by atoms with Crippen molar-refractivity contribution in [2.75, 3.05) is 19.0 Å². The molecule has 0 aliphatic carbocycles. The van der Waals surface area contributed by atoms with Gasteiger partial charge in [-0.25, -0.2) is 9.59 Å². The van der Waals surface area contributed by atoms with Crippen LogP contribution in [-0.4, -0.2) is 35.1 Å². The van der Waals surface area contributed by atoms with Gasteiger partial charge in [-0.2, -0.15) is 0 Å². The van der Waals surface area contributed by atoms with Gasteiger partial charge >= 0.3 is 12.0 Å². The first-order valence-electron chi connectivity index (χ1n) is 8.97. The number of amides is 2. The van der Waals surface area contributed by atoms with E-state index in [-0.39, 0.29) is 12.1 Å². The molecule has 0 fully saturated rings. The number of anilines is 1. The van der Waals surface area contributed by atoms with Gasteiger partial charge in [0.25, 0.3) is 0 Å². The number of benzene rings is 1. The monoisotopic (exact) mass is 355 g/mol. The Hall–Kier alpha value is -2.76. The number of carbonyl (C=O) groups excluding carboxylic acids is 2. The van der Waals surface area contributed by atoms with Gasteiger partial charge < -0.3 is 19.5 Å². The van der Waals surface area contributed by atoms with Crippen LogP contribution in [-0.2, 0) is 11.3 Å². The second-order valence-corrected chi connectivity index (χ2v) is 6.52. The molecular formula is C20H25N3O3. The molecular weight excluding hydrogens is 330 g/mol. The molecule has 0 spiro atoms. The molecule has 0 saturated carbocycles. The minimum atomic E-state index is -0.464. The average molecular weight is 355 g/mol. The summed E-state index contributed by atoms with van der Waals surface area (Å²) in [6.45, 7) is 5.63. The number of nitrogens with zero attached hydrogens (tertiary/aromatic N) is 2. The van der Waals surface area contributed by atoms with Crippen molar-refractivity contribution in [1.82, 2.24) is 9.47 Å². The quantitative estimate of drug-likeness (QED) is 0.844. The normalized spacial score (nSPS) is 16.1. The number of urea groups is 1. The fourth-order valence-electron chi connectivity index (χ4n) is 3.60. The Morgan fingerprint density at radius 1 is 1.19 bits per heavy atom. The van der Waals surface area contributed by atoms with Gasteiger partial charge in [0, 0.05) is 24.5 Å². The summed E-state index contributed by atoms with van der Waals surface area (Å²) in [7, 11) is 1.33. The molecule has 1 aromatic carbocycles. The summed E-state index contributed by atoms with van der Waals surface area (Å²) < 4.78 is 7.09. The van der Waals surface area contributed by atoms with Crippen molar-refractivity contribution >= 4 is 17.7 Å². The molecule has 3 rings (SSSR count). The van der Waals surface area contributed by atoms with E-state index >= 15 is 0 Å². The smallest absolute Gasteiger partial charge is 0.339 e. The van der Waals surface area contributed by atoms with Gasteiger partial charge in [-0.15, -0.1) is 0 Å². The third-order valence-corrected chi connectivity index (χ3v) is 4.91. The Bertz CT molecular complexity index is 812. The van der Waals surface area contributed by atoms with E-state index in [0.29, 0.717) is 17.8 Å². The number of rotatable bonds is 4. The molecule has 1 atom stereocenters. The highest BCUT2D eigenvalue weighted by atomic mass is 16.5. The van der Waals surface area contributed by atoms with Crippen molar-refractivity contribution in [3.63, 3.8) is 0 Å². The molecule has 1 aliphatic rings. The molecule has 1 aromatic heterocycles. The number of nitrogens with one attached hydrogen (secondary N) is 1. The number of aryl methyl sites for hydroxylation is 1. The van der Waals surface area contributed by atoms with Gasteiger partial charge in [-0.1, -0.05) is 25.5 Å². The molecule has 1 aliphatic heterocycles. The maximum atomic E-state index is 13.0. The van der Waals surface area contributed by atoms with Gasteiger partial charge in [0.05, 0.1) is 24.4 Å². The second kappa shape index (κ2) is 7.64. The summed E-state index contributed by atoms with van der Waals surface area (Å²) in [6.07, 6.45) is 1.88. The first kappa shape index (κ1) is 18.0. The Labute approximate surface area is 153 Å². The first-order chi connectivity index (χ1) is 12.6. The topological polar surface area (TPSA) is 63.6 Å². The van der Waals surface area contributed by atoms with E-state index in [9.17, 15) is 9.59 Å². The van der Waals surface area contributed by atoms with Crippen LogP contribution in [0.25, 0.3) is 0 Å². The number of methoxy groups -OCH3 is 1. The average Bonchev–Trinajstić information content (AvgIpc) is 3.03. The Kier molecular flexibility index (Phi) is 5.30. The van der Waals surface area contributed by atoms with E-state index < -0.39 is 5.97 Å². The van der Waals surface area contributed by atoms with Crippen LogP contribution in [0, 0.1) is 6.92 Å². The lowest BCUT2D eigenvalue weighted by molar-refractivity contribution is 0.0602. The molecule has 2 heterocycles. The molecule has 1 unspecified atom stereocenters. The van der Waals surface area contributed by atoms with Gasteiger partial charge in [0.15, 0.2) is 0 Å². The fraction of sp³-hybridized carbons (Fsp3) is 0.400. The van der Waals surface area contributed by atoms with E-state index in [0.717, 1.165) is 19.4 Å². The molecule has 6 heteroatoms. The van der Waals surface area contributed by atoms with Crippen molar-refractivity contribution in [3.8, 4) is 0 Å². The molecule has 2 amide bonds. The molecule has 1 N–H and O–H groups in total. The van der Waals surface area contributed by atoms with Crippen LogP contribution in [0.15, 0.2) is 36.4 Å². The minimum Gasteiger partial charge on any atom is -0.465 e.